The first-order chi connectivity index (χ1) is 6.24. The summed E-state index contributed by atoms with van der Waals surface area (Å²) in [5, 5.41) is 3.32. The van der Waals surface area contributed by atoms with Crippen LogP contribution in [0.15, 0.2) is 22.8 Å². The molecule has 0 fully saturated rings. The topological polar surface area (TPSA) is 25.2 Å². The maximum absolute atomic E-state index is 5.28. The minimum absolute atomic E-state index is 0.588. The van der Waals surface area contributed by atoms with E-state index >= 15 is 0 Å². The lowest BCUT2D eigenvalue weighted by molar-refractivity contribution is 0.386. The summed E-state index contributed by atoms with van der Waals surface area (Å²) in [6, 6.07) is 4.57. The SMILES string of the molecule is CNC(CCc1ccco1)C(C)C. The molecule has 1 N–H and O–H groups in total. The predicted molar refractivity (Wildman–Crippen MR) is 54.7 cm³/mol. The van der Waals surface area contributed by atoms with Crippen LogP contribution in [0.5, 0.6) is 0 Å². The second-order valence-corrected chi connectivity index (χ2v) is 3.76. The van der Waals surface area contributed by atoms with Crippen molar-refractivity contribution in [2.24, 2.45) is 5.92 Å². The van der Waals surface area contributed by atoms with Crippen molar-refractivity contribution in [2.75, 3.05) is 7.05 Å². The summed E-state index contributed by atoms with van der Waals surface area (Å²) in [4.78, 5) is 0. The molecule has 74 valence electrons. The molecule has 1 heterocycles. The van der Waals surface area contributed by atoms with Gasteiger partial charge in [0.15, 0.2) is 0 Å². The van der Waals surface area contributed by atoms with E-state index < -0.39 is 0 Å². The molecule has 0 aromatic carbocycles. The molecule has 0 aliphatic rings. The summed E-state index contributed by atoms with van der Waals surface area (Å²) < 4.78 is 5.28. The average Bonchev–Trinajstić information content (AvgIpc) is 2.57. The Morgan fingerprint density at radius 1 is 1.46 bits per heavy atom. The van der Waals surface area contributed by atoms with Crippen LogP contribution in [0.3, 0.4) is 0 Å². The van der Waals surface area contributed by atoms with Crippen LogP contribution in [0.2, 0.25) is 0 Å². The molecule has 2 nitrogen and oxygen atoms in total. The number of hydrogen-bond donors (Lipinski definition) is 1. The number of nitrogens with one attached hydrogen (secondary N) is 1. The molecular weight excluding hydrogens is 162 g/mol. The third kappa shape index (κ3) is 3.23. The van der Waals surface area contributed by atoms with Gasteiger partial charge in [-0.3, -0.25) is 0 Å². The quantitative estimate of drug-likeness (QED) is 0.754. The second-order valence-electron chi connectivity index (χ2n) is 3.76. The monoisotopic (exact) mass is 181 g/mol. The Balaban J connectivity index is 2.32. The predicted octanol–water partition coefficient (Wildman–Crippen LogP) is 2.46. The van der Waals surface area contributed by atoms with Crippen LogP contribution in [-0.2, 0) is 6.42 Å². The van der Waals surface area contributed by atoms with Gasteiger partial charge in [-0.2, -0.15) is 0 Å². The zero-order valence-electron chi connectivity index (χ0n) is 8.71. The standard InChI is InChI=1S/C11H19NO/c1-9(2)11(12-3)7-6-10-5-4-8-13-10/h4-5,8-9,11-12H,6-7H2,1-3H3. The van der Waals surface area contributed by atoms with E-state index in [9.17, 15) is 0 Å². The third-order valence-corrected chi connectivity index (χ3v) is 2.46. The molecule has 1 aromatic rings. The number of rotatable bonds is 5. The van der Waals surface area contributed by atoms with Crippen molar-refractivity contribution >= 4 is 0 Å². The first-order valence-corrected chi connectivity index (χ1v) is 4.93. The molecule has 0 aliphatic carbocycles. The molecule has 1 rings (SSSR count). The Morgan fingerprint density at radius 3 is 2.69 bits per heavy atom. The highest BCUT2D eigenvalue weighted by atomic mass is 16.3. The Morgan fingerprint density at radius 2 is 2.23 bits per heavy atom. The lowest BCUT2D eigenvalue weighted by Gasteiger charge is -2.19. The Labute approximate surface area is 80.3 Å². The van der Waals surface area contributed by atoms with E-state index in [1.54, 1.807) is 6.26 Å². The third-order valence-electron chi connectivity index (χ3n) is 2.46. The van der Waals surface area contributed by atoms with Crippen molar-refractivity contribution < 1.29 is 4.42 Å². The maximum atomic E-state index is 5.28. The largest absolute Gasteiger partial charge is 0.469 e. The van der Waals surface area contributed by atoms with Crippen LogP contribution in [0.25, 0.3) is 0 Å². The molecular formula is C11H19NO. The van der Waals surface area contributed by atoms with E-state index in [4.69, 9.17) is 4.42 Å². The van der Waals surface area contributed by atoms with Crippen LogP contribution in [-0.4, -0.2) is 13.1 Å². The fourth-order valence-electron chi connectivity index (χ4n) is 1.56. The molecule has 1 unspecified atom stereocenters. The summed E-state index contributed by atoms with van der Waals surface area (Å²) >= 11 is 0. The van der Waals surface area contributed by atoms with Crippen molar-refractivity contribution in [2.45, 2.75) is 32.7 Å². The van der Waals surface area contributed by atoms with Crippen molar-refractivity contribution in [1.82, 2.24) is 5.32 Å². The van der Waals surface area contributed by atoms with Gasteiger partial charge in [-0.1, -0.05) is 13.8 Å². The highest BCUT2D eigenvalue weighted by molar-refractivity contribution is 4.98. The van der Waals surface area contributed by atoms with Crippen molar-refractivity contribution in [3.63, 3.8) is 0 Å². The van der Waals surface area contributed by atoms with Crippen molar-refractivity contribution in [1.29, 1.82) is 0 Å². The molecule has 2 heteroatoms. The zero-order valence-corrected chi connectivity index (χ0v) is 8.71. The molecule has 0 amide bonds. The van der Waals surface area contributed by atoms with Crippen molar-refractivity contribution in [3.8, 4) is 0 Å². The van der Waals surface area contributed by atoms with Gasteiger partial charge < -0.3 is 9.73 Å². The van der Waals surface area contributed by atoms with Gasteiger partial charge in [-0.15, -0.1) is 0 Å². The highest BCUT2D eigenvalue weighted by Crippen LogP contribution is 2.10. The Bertz CT molecular complexity index is 216. The second kappa shape index (κ2) is 5.07. The van der Waals surface area contributed by atoms with Gasteiger partial charge in [0, 0.05) is 12.5 Å². The summed E-state index contributed by atoms with van der Waals surface area (Å²) in [6.07, 6.45) is 3.90. The summed E-state index contributed by atoms with van der Waals surface area (Å²) in [5.41, 5.74) is 0. The summed E-state index contributed by atoms with van der Waals surface area (Å²) in [6.45, 7) is 4.48. The number of hydrogen-bond acceptors (Lipinski definition) is 2. The van der Waals surface area contributed by atoms with E-state index in [0.717, 1.165) is 18.6 Å². The summed E-state index contributed by atoms with van der Waals surface area (Å²) in [7, 11) is 2.02. The molecule has 1 aromatic heterocycles. The number of furan rings is 1. The van der Waals surface area contributed by atoms with Gasteiger partial charge in [0.25, 0.3) is 0 Å². The van der Waals surface area contributed by atoms with Gasteiger partial charge in [-0.05, 0) is 31.5 Å². The van der Waals surface area contributed by atoms with Crippen LogP contribution < -0.4 is 5.32 Å². The molecule has 0 saturated carbocycles. The van der Waals surface area contributed by atoms with Gasteiger partial charge in [0.2, 0.25) is 0 Å². The van der Waals surface area contributed by atoms with Gasteiger partial charge in [-0.25, -0.2) is 0 Å². The molecule has 13 heavy (non-hydrogen) atoms. The fourth-order valence-corrected chi connectivity index (χ4v) is 1.56. The van der Waals surface area contributed by atoms with E-state index in [1.807, 2.05) is 19.2 Å². The Hall–Kier alpha value is -0.760. The molecule has 0 saturated heterocycles. The maximum Gasteiger partial charge on any atom is 0.103 e. The first kappa shape index (κ1) is 10.3. The molecule has 0 bridgehead atoms. The first-order valence-electron chi connectivity index (χ1n) is 4.93. The zero-order chi connectivity index (χ0) is 9.68. The van der Waals surface area contributed by atoms with E-state index in [0.29, 0.717) is 12.0 Å². The van der Waals surface area contributed by atoms with Crippen LogP contribution in [0.4, 0.5) is 0 Å². The molecule has 0 spiro atoms. The minimum atomic E-state index is 0.588. The van der Waals surface area contributed by atoms with Gasteiger partial charge >= 0.3 is 0 Å². The average molecular weight is 181 g/mol. The normalized spacial score (nSPS) is 13.5. The van der Waals surface area contributed by atoms with Gasteiger partial charge in [0.05, 0.1) is 6.26 Å². The fraction of sp³-hybridized carbons (Fsp3) is 0.636. The van der Waals surface area contributed by atoms with Crippen molar-refractivity contribution in [3.05, 3.63) is 24.2 Å². The minimum Gasteiger partial charge on any atom is -0.469 e. The van der Waals surface area contributed by atoms with Crippen LogP contribution in [0, 0.1) is 5.92 Å². The number of aryl methyl sites for hydroxylation is 1. The lowest BCUT2D eigenvalue weighted by Crippen LogP contribution is -2.30. The lowest BCUT2D eigenvalue weighted by atomic mass is 9.99. The summed E-state index contributed by atoms with van der Waals surface area (Å²) in [5.74, 6) is 1.76. The van der Waals surface area contributed by atoms with Gasteiger partial charge in [0.1, 0.15) is 5.76 Å². The molecule has 0 radical (unpaired) electrons. The van der Waals surface area contributed by atoms with E-state index in [2.05, 4.69) is 19.2 Å². The van der Waals surface area contributed by atoms with Crippen LogP contribution in [0.1, 0.15) is 26.0 Å². The smallest absolute Gasteiger partial charge is 0.103 e. The Kier molecular flexibility index (Phi) is 4.03. The highest BCUT2D eigenvalue weighted by Gasteiger charge is 2.10. The van der Waals surface area contributed by atoms with E-state index in [-0.39, 0.29) is 0 Å². The molecule has 1 atom stereocenters. The molecule has 0 aliphatic heterocycles. The van der Waals surface area contributed by atoms with E-state index in [1.165, 1.54) is 0 Å². The van der Waals surface area contributed by atoms with Crippen LogP contribution >= 0.6 is 0 Å².